The van der Waals surface area contributed by atoms with Gasteiger partial charge in [-0.1, -0.05) is 70.8 Å². The lowest BCUT2D eigenvalue weighted by atomic mass is 10.1. The molecule has 0 saturated heterocycles. The van der Waals surface area contributed by atoms with Gasteiger partial charge in [-0.15, -0.1) is 0 Å². The van der Waals surface area contributed by atoms with Gasteiger partial charge in [0.05, 0.1) is 6.54 Å². The van der Waals surface area contributed by atoms with Crippen molar-refractivity contribution < 1.29 is 5.11 Å². The van der Waals surface area contributed by atoms with Crippen molar-refractivity contribution in [2.75, 3.05) is 13.1 Å². The summed E-state index contributed by atoms with van der Waals surface area (Å²) in [5.41, 5.74) is 0. The highest BCUT2D eigenvalue weighted by Crippen LogP contribution is 2.12. The molecular formula is C19H36N2O. The van der Waals surface area contributed by atoms with Gasteiger partial charge in [0.15, 0.2) is 0 Å². The highest BCUT2D eigenvalue weighted by molar-refractivity contribution is 5.94. The second-order valence-corrected chi connectivity index (χ2v) is 6.44. The molecule has 0 saturated carbocycles. The molecule has 0 aromatic rings. The highest BCUT2D eigenvalue weighted by atomic mass is 16.3. The Morgan fingerprint density at radius 3 is 2.23 bits per heavy atom. The van der Waals surface area contributed by atoms with Crippen LogP contribution in [-0.4, -0.2) is 35.2 Å². The molecule has 0 aromatic heterocycles. The van der Waals surface area contributed by atoms with Crippen molar-refractivity contribution in [3.63, 3.8) is 0 Å². The number of nitrogens with zero attached hydrogens (tertiary/aromatic N) is 2. The third-order valence-electron chi connectivity index (χ3n) is 4.35. The SMILES string of the molecule is CCCCCCCCCCCC/C=C/C1=NCCN1C(C)O. The van der Waals surface area contributed by atoms with Crippen molar-refractivity contribution in [2.45, 2.75) is 90.7 Å². The first-order chi connectivity index (χ1) is 10.8. The molecule has 0 aromatic carbocycles. The fraction of sp³-hybridized carbons (Fsp3) is 0.842. The summed E-state index contributed by atoms with van der Waals surface area (Å²) >= 11 is 0. The van der Waals surface area contributed by atoms with Gasteiger partial charge in [0, 0.05) is 6.54 Å². The number of aliphatic hydroxyl groups excluding tert-OH is 1. The van der Waals surface area contributed by atoms with Crippen molar-refractivity contribution in [1.82, 2.24) is 4.90 Å². The molecule has 1 atom stereocenters. The minimum Gasteiger partial charge on any atom is -0.374 e. The van der Waals surface area contributed by atoms with Crippen LogP contribution in [0.15, 0.2) is 17.1 Å². The Bertz CT molecular complexity index is 323. The molecule has 22 heavy (non-hydrogen) atoms. The van der Waals surface area contributed by atoms with Crippen molar-refractivity contribution in [1.29, 1.82) is 0 Å². The van der Waals surface area contributed by atoms with Crippen LogP contribution in [0.5, 0.6) is 0 Å². The molecule has 1 aliphatic heterocycles. The number of allylic oxidation sites excluding steroid dienone is 1. The van der Waals surface area contributed by atoms with E-state index in [0.717, 1.165) is 25.3 Å². The number of hydrogen-bond acceptors (Lipinski definition) is 3. The minimum absolute atomic E-state index is 0.428. The molecule has 0 amide bonds. The summed E-state index contributed by atoms with van der Waals surface area (Å²) < 4.78 is 0. The van der Waals surface area contributed by atoms with Crippen LogP contribution in [0.2, 0.25) is 0 Å². The lowest BCUT2D eigenvalue weighted by Crippen LogP contribution is -2.34. The van der Waals surface area contributed by atoms with Crippen LogP contribution in [0.3, 0.4) is 0 Å². The van der Waals surface area contributed by atoms with Crippen LogP contribution < -0.4 is 0 Å². The second kappa shape index (κ2) is 12.7. The Kier molecular flexibility index (Phi) is 11.1. The van der Waals surface area contributed by atoms with E-state index in [4.69, 9.17) is 0 Å². The largest absolute Gasteiger partial charge is 0.374 e. The van der Waals surface area contributed by atoms with E-state index in [1.807, 2.05) is 4.90 Å². The molecule has 0 aliphatic carbocycles. The quantitative estimate of drug-likeness (QED) is 0.491. The molecule has 1 unspecified atom stereocenters. The number of aliphatic hydroxyl groups is 1. The molecule has 3 heteroatoms. The van der Waals surface area contributed by atoms with E-state index in [9.17, 15) is 5.11 Å². The summed E-state index contributed by atoms with van der Waals surface area (Å²) in [7, 11) is 0. The second-order valence-electron chi connectivity index (χ2n) is 6.44. The normalized spacial score (nSPS) is 16.5. The van der Waals surface area contributed by atoms with Crippen LogP contribution in [0.1, 0.15) is 84.5 Å². The van der Waals surface area contributed by atoms with Gasteiger partial charge in [0.25, 0.3) is 0 Å². The van der Waals surface area contributed by atoms with Gasteiger partial charge in [-0.25, -0.2) is 0 Å². The number of rotatable bonds is 13. The van der Waals surface area contributed by atoms with E-state index in [2.05, 4.69) is 24.1 Å². The maximum atomic E-state index is 9.62. The van der Waals surface area contributed by atoms with Gasteiger partial charge < -0.3 is 10.0 Å². The Labute approximate surface area is 137 Å². The number of aliphatic imine (C=N–C) groups is 1. The third-order valence-corrected chi connectivity index (χ3v) is 4.35. The standard InChI is InChI=1S/C19H36N2O/c1-3-4-5-6-7-8-9-10-11-12-13-14-15-19-20-16-17-21(19)18(2)22/h14-15,18,22H,3-13,16-17H2,1-2H3/b15-14+. The molecule has 1 rings (SSSR count). The zero-order valence-corrected chi connectivity index (χ0v) is 14.8. The predicted molar refractivity (Wildman–Crippen MR) is 96.3 cm³/mol. The molecule has 128 valence electrons. The van der Waals surface area contributed by atoms with Crippen molar-refractivity contribution in [3.8, 4) is 0 Å². The predicted octanol–water partition coefficient (Wildman–Crippen LogP) is 4.91. The first-order valence-electron chi connectivity index (χ1n) is 9.41. The van der Waals surface area contributed by atoms with Crippen LogP contribution in [-0.2, 0) is 0 Å². The van der Waals surface area contributed by atoms with Gasteiger partial charge in [-0.3, -0.25) is 4.99 Å². The van der Waals surface area contributed by atoms with Crippen LogP contribution in [0.25, 0.3) is 0 Å². The Balaban J connectivity index is 1.92. The van der Waals surface area contributed by atoms with E-state index >= 15 is 0 Å². The van der Waals surface area contributed by atoms with E-state index < -0.39 is 6.23 Å². The maximum absolute atomic E-state index is 9.62. The fourth-order valence-electron chi connectivity index (χ4n) is 2.94. The van der Waals surface area contributed by atoms with E-state index in [-0.39, 0.29) is 0 Å². The first kappa shape index (κ1) is 19.2. The topological polar surface area (TPSA) is 35.8 Å². The minimum atomic E-state index is -0.428. The summed E-state index contributed by atoms with van der Waals surface area (Å²) in [4.78, 5) is 6.38. The van der Waals surface area contributed by atoms with Crippen molar-refractivity contribution >= 4 is 5.84 Å². The zero-order chi connectivity index (χ0) is 16.0. The smallest absolute Gasteiger partial charge is 0.125 e. The van der Waals surface area contributed by atoms with E-state index in [1.54, 1.807) is 6.92 Å². The molecular weight excluding hydrogens is 272 g/mol. The summed E-state index contributed by atoms with van der Waals surface area (Å²) in [5, 5.41) is 9.62. The van der Waals surface area contributed by atoms with Gasteiger partial charge in [0.2, 0.25) is 0 Å². The Morgan fingerprint density at radius 1 is 1.05 bits per heavy atom. The zero-order valence-electron chi connectivity index (χ0n) is 14.8. The summed E-state index contributed by atoms with van der Waals surface area (Å²) in [6, 6.07) is 0. The van der Waals surface area contributed by atoms with Crippen molar-refractivity contribution in [3.05, 3.63) is 12.2 Å². The number of amidine groups is 1. The van der Waals surface area contributed by atoms with E-state index in [1.165, 1.54) is 64.2 Å². The van der Waals surface area contributed by atoms with Gasteiger partial charge in [-0.05, 0) is 25.8 Å². The van der Waals surface area contributed by atoms with Gasteiger partial charge in [0.1, 0.15) is 12.1 Å². The van der Waals surface area contributed by atoms with Crippen molar-refractivity contribution in [2.24, 2.45) is 4.99 Å². The van der Waals surface area contributed by atoms with Gasteiger partial charge >= 0.3 is 0 Å². The molecule has 1 heterocycles. The van der Waals surface area contributed by atoms with Crippen LogP contribution >= 0.6 is 0 Å². The fourth-order valence-corrected chi connectivity index (χ4v) is 2.94. The lowest BCUT2D eigenvalue weighted by molar-refractivity contribution is 0.0788. The third kappa shape index (κ3) is 8.57. The van der Waals surface area contributed by atoms with Gasteiger partial charge in [-0.2, -0.15) is 0 Å². The van der Waals surface area contributed by atoms with Crippen LogP contribution in [0.4, 0.5) is 0 Å². The monoisotopic (exact) mass is 308 g/mol. The molecule has 0 fully saturated rings. The lowest BCUT2D eigenvalue weighted by Gasteiger charge is -2.21. The molecule has 0 bridgehead atoms. The molecule has 0 spiro atoms. The van der Waals surface area contributed by atoms with Crippen LogP contribution in [0, 0.1) is 0 Å². The number of unbranched alkanes of at least 4 members (excludes halogenated alkanes) is 10. The maximum Gasteiger partial charge on any atom is 0.125 e. The summed E-state index contributed by atoms with van der Waals surface area (Å²) in [6.45, 7) is 5.73. The van der Waals surface area contributed by atoms with E-state index in [0.29, 0.717) is 0 Å². The Hall–Kier alpha value is -0.830. The first-order valence-corrected chi connectivity index (χ1v) is 9.41. The molecule has 1 N–H and O–H groups in total. The highest BCUT2D eigenvalue weighted by Gasteiger charge is 2.17. The Morgan fingerprint density at radius 2 is 1.64 bits per heavy atom. The average Bonchev–Trinajstić information content (AvgIpc) is 2.97. The molecule has 0 radical (unpaired) electrons. The average molecular weight is 309 g/mol. The molecule has 3 nitrogen and oxygen atoms in total. The molecule has 1 aliphatic rings. The number of hydrogen-bond donors (Lipinski definition) is 1. The summed E-state index contributed by atoms with van der Waals surface area (Å²) in [6.07, 6.45) is 18.8. The summed E-state index contributed by atoms with van der Waals surface area (Å²) in [5.74, 6) is 0.946.